The summed E-state index contributed by atoms with van der Waals surface area (Å²) in [6, 6.07) is 9.38. The predicted molar refractivity (Wildman–Crippen MR) is 85.9 cm³/mol. The lowest BCUT2D eigenvalue weighted by Gasteiger charge is -2.39. The fourth-order valence-electron chi connectivity index (χ4n) is 3.09. The normalized spacial score (nSPS) is 19.1. The summed E-state index contributed by atoms with van der Waals surface area (Å²) >= 11 is 0. The summed E-state index contributed by atoms with van der Waals surface area (Å²) < 4.78 is 0. The molecule has 1 heterocycles. The Labute approximate surface area is 123 Å². The molecule has 2 rings (SSSR count). The molecule has 1 aliphatic rings. The van der Waals surface area contributed by atoms with Crippen LogP contribution in [0.25, 0.3) is 0 Å². The molecular formula is C17H29N3. The van der Waals surface area contributed by atoms with Crippen molar-refractivity contribution in [1.82, 2.24) is 9.80 Å². The Morgan fingerprint density at radius 2 is 1.70 bits per heavy atom. The Hall–Kier alpha value is -0.900. The third-order valence-corrected chi connectivity index (χ3v) is 4.38. The van der Waals surface area contributed by atoms with Gasteiger partial charge in [0, 0.05) is 38.8 Å². The smallest absolute Gasteiger partial charge is 0.0471 e. The summed E-state index contributed by atoms with van der Waals surface area (Å²) in [6.07, 6.45) is 2.35. The lowest BCUT2D eigenvalue weighted by atomic mass is 10.0. The molecule has 0 bridgehead atoms. The standard InChI is InChI=1S/C17H29N3/c1-3-9-19-10-12-20(13-11-19)17(14-18)16-7-5-15(4-2)6-8-16/h5-8,17H,3-4,9-14,18H2,1-2H3. The van der Waals surface area contributed by atoms with Crippen LogP contribution >= 0.6 is 0 Å². The van der Waals surface area contributed by atoms with Gasteiger partial charge in [0.05, 0.1) is 0 Å². The van der Waals surface area contributed by atoms with Gasteiger partial charge in [-0.25, -0.2) is 0 Å². The summed E-state index contributed by atoms with van der Waals surface area (Å²) in [5, 5.41) is 0. The molecule has 3 heteroatoms. The van der Waals surface area contributed by atoms with Crippen LogP contribution in [-0.4, -0.2) is 49.1 Å². The van der Waals surface area contributed by atoms with E-state index in [1.54, 1.807) is 0 Å². The SMILES string of the molecule is CCCN1CCN(C(CN)c2ccc(CC)cc2)CC1. The van der Waals surface area contributed by atoms with Crippen molar-refractivity contribution in [1.29, 1.82) is 0 Å². The van der Waals surface area contributed by atoms with Crippen molar-refractivity contribution < 1.29 is 0 Å². The maximum Gasteiger partial charge on any atom is 0.0471 e. The zero-order valence-corrected chi connectivity index (χ0v) is 13.0. The van der Waals surface area contributed by atoms with E-state index in [0.717, 1.165) is 19.5 Å². The molecule has 0 saturated carbocycles. The van der Waals surface area contributed by atoms with E-state index in [9.17, 15) is 0 Å². The Morgan fingerprint density at radius 1 is 1.05 bits per heavy atom. The molecular weight excluding hydrogens is 246 g/mol. The first kappa shape index (κ1) is 15.5. The first-order chi connectivity index (χ1) is 9.78. The van der Waals surface area contributed by atoms with Gasteiger partial charge in [-0.05, 0) is 30.5 Å². The van der Waals surface area contributed by atoms with Gasteiger partial charge in [0.2, 0.25) is 0 Å². The van der Waals surface area contributed by atoms with E-state index in [2.05, 4.69) is 47.9 Å². The van der Waals surface area contributed by atoms with Crippen molar-refractivity contribution in [2.45, 2.75) is 32.7 Å². The Balaban J connectivity index is 1.97. The van der Waals surface area contributed by atoms with Crippen LogP contribution < -0.4 is 5.73 Å². The van der Waals surface area contributed by atoms with E-state index < -0.39 is 0 Å². The monoisotopic (exact) mass is 275 g/mol. The average molecular weight is 275 g/mol. The van der Waals surface area contributed by atoms with Crippen LogP contribution in [0.1, 0.15) is 37.4 Å². The van der Waals surface area contributed by atoms with Crippen molar-refractivity contribution in [3.05, 3.63) is 35.4 Å². The molecule has 1 aliphatic heterocycles. The highest BCUT2D eigenvalue weighted by Gasteiger charge is 2.23. The summed E-state index contributed by atoms with van der Waals surface area (Å²) in [4.78, 5) is 5.11. The maximum atomic E-state index is 6.04. The largest absolute Gasteiger partial charge is 0.329 e. The van der Waals surface area contributed by atoms with Gasteiger partial charge in [-0.15, -0.1) is 0 Å². The first-order valence-electron chi connectivity index (χ1n) is 8.03. The number of piperazine rings is 1. The Morgan fingerprint density at radius 3 is 2.20 bits per heavy atom. The topological polar surface area (TPSA) is 32.5 Å². The molecule has 1 atom stereocenters. The summed E-state index contributed by atoms with van der Waals surface area (Å²) in [7, 11) is 0. The van der Waals surface area contributed by atoms with Gasteiger partial charge in [-0.3, -0.25) is 4.90 Å². The van der Waals surface area contributed by atoms with Crippen LogP contribution in [0.5, 0.6) is 0 Å². The van der Waals surface area contributed by atoms with Crippen LogP contribution in [0, 0.1) is 0 Å². The van der Waals surface area contributed by atoms with Gasteiger partial charge >= 0.3 is 0 Å². The van der Waals surface area contributed by atoms with E-state index in [4.69, 9.17) is 5.73 Å². The van der Waals surface area contributed by atoms with Crippen molar-refractivity contribution in [3.8, 4) is 0 Å². The van der Waals surface area contributed by atoms with Gasteiger partial charge in [0.15, 0.2) is 0 Å². The first-order valence-corrected chi connectivity index (χ1v) is 8.03. The van der Waals surface area contributed by atoms with Crippen LogP contribution in [0.15, 0.2) is 24.3 Å². The van der Waals surface area contributed by atoms with Gasteiger partial charge in [-0.1, -0.05) is 38.1 Å². The van der Waals surface area contributed by atoms with Crippen molar-refractivity contribution in [2.75, 3.05) is 39.3 Å². The predicted octanol–water partition coefficient (Wildman–Crippen LogP) is 2.28. The second-order valence-electron chi connectivity index (χ2n) is 5.72. The van der Waals surface area contributed by atoms with Gasteiger partial charge in [0.1, 0.15) is 0 Å². The molecule has 0 aromatic heterocycles. The zero-order chi connectivity index (χ0) is 14.4. The average Bonchev–Trinajstić information content (AvgIpc) is 2.51. The number of nitrogens with zero attached hydrogens (tertiary/aromatic N) is 2. The molecule has 0 aliphatic carbocycles. The van der Waals surface area contributed by atoms with Crippen LogP contribution in [0.2, 0.25) is 0 Å². The fourth-order valence-corrected chi connectivity index (χ4v) is 3.09. The minimum Gasteiger partial charge on any atom is -0.329 e. The molecule has 1 aromatic carbocycles. The van der Waals surface area contributed by atoms with Crippen molar-refractivity contribution in [2.24, 2.45) is 5.73 Å². The van der Waals surface area contributed by atoms with E-state index in [0.29, 0.717) is 12.6 Å². The molecule has 20 heavy (non-hydrogen) atoms. The highest BCUT2D eigenvalue weighted by molar-refractivity contribution is 5.25. The van der Waals surface area contributed by atoms with E-state index in [-0.39, 0.29) is 0 Å². The van der Waals surface area contributed by atoms with Crippen LogP contribution in [-0.2, 0) is 6.42 Å². The van der Waals surface area contributed by atoms with Crippen molar-refractivity contribution >= 4 is 0 Å². The molecule has 1 saturated heterocycles. The molecule has 0 radical (unpaired) electrons. The van der Waals surface area contributed by atoms with Crippen molar-refractivity contribution in [3.63, 3.8) is 0 Å². The van der Waals surface area contributed by atoms with Crippen LogP contribution in [0.3, 0.4) is 0 Å². The summed E-state index contributed by atoms with van der Waals surface area (Å²) in [5.74, 6) is 0. The minimum absolute atomic E-state index is 0.379. The van der Waals surface area contributed by atoms with E-state index in [1.807, 2.05) is 0 Å². The molecule has 1 aromatic rings. The Bertz CT molecular complexity index is 380. The highest BCUT2D eigenvalue weighted by Crippen LogP contribution is 2.22. The lowest BCUT2D eigenvalue weighted by Crippen LogP contribution is -2.49. The number of benzene rings is 1. The third-order valence-electron chi connectivity index (χ3n) is 4.38. The number of rotatable bonds is 6. The molecule has 1 unspecified atom stereocenters. The summed E-state index contributed by atoms with van der Waals surface area (Å²) in [5.41, 5.74) is 8.81. The zero-order valence-electron chi connectivity index (χ0n) is 13.0. The Kier molecular flexibility index (Phi) is 6.02. The quantitative estimate of drug-likeness (QED) is 0.864. The van der Waals surface area contributed by atoms with Gasteiger partial charge in [0.25, 0.3) is 0 Å². The number of hydrogen-bond donors (Lipinski definition) is 1. The molecule has 1 fully saturated rings. The van der Waals surface area contributed by atoms with Gasteiger partial charge in [-0.2, -0.15) is 0 Å². The second kappa shape index (κ2) is 7.77. The van der Waals surface area contributed by atoms with Crippen LogP contribution in [0.4, 0.5) is 0 Å². The molecule has 0 spiro atoms. The molecule has 112 valence electrons. The second-order valence-corrected chi connectivity index (χ2v) is 5.72. The van der Waals surface area contributed by atoms with E-state index >= 15 is 0 Å². The highest BCUT2D eigenvalue weighted by atomic mass is 15.3. The number of hydrogen-bond acceptors (Lipinski definition) is 3. The van der Waals surface area contributed by atoms with E-state index in [1.165, 1.54) is 37.2 Å². The lowest BCUT2D eigenvalue weighted by molar-refractivity contribution is 0.0985. The minimum atomic E-state index is 0.379. The molecule has 3 nitrogen and oxygen atoms in total. The fraction of sp³-hybridized carbons (Fsp3) is 0.647. The third kappa shape index (κ3) is 3.81. The summed E-state index contributed by atoms with van der Waals surface area (Å²) in [6.45, 7) is 11.0. The van der Waals surface area contributed by atoms with Gasteiger partial charge < -0.3 is 10.6 Å². The number of aryl methyl sites for hydroxylation is 1. The number of nitrogens with two attached hydrogens (primary N) is 1. The molecule has 0 amide bonds. The molecule has 2 N–H and O–H groups in total. The maximum absolute atomic E-state index is 6.04.